The van der Waals surface area contributed by atoms with Crippen molar-refractivity contribution in [2.24, 2.45) is 0 Å². The van der Waals surface area contributed by atoms with Crippen molar-refractivity contribution in [2.45, 2.75) is 39.3 Å². The number of hydrogen-bond donors (Lipinski definition) is 2. The van der Waals surface area contributed by atoms with E-state index >= 15 is 0 Å². The minimum Gasteiger partial charge on any atom is -0.480 e. The molecular formula is C7H15NO2. The topological polar surface area (TPSA) is 49.3 Å². The van der Waals surface area contributed by atoms with E-state index in [1.807, 2.05) is 13.8 Å². The minimum absolute atomic E-state index is 0.283. The summed E-state index contributed by atoms with van der Waals surface area (Å²) in [5.74, 6) is -0.791. The zero-order valence-electron chi connectivity index (χ0n) is 6.72. The Morgan fingerprint density at radius 1 is 1.60 bits per heavy atom. The first-order valence-corrected chi connectivity index (χ1v) is 3.56. The molecule has 0 aromatic carbocycles. The van der Waals surface area contributed by atoms with Gasteiger partial charge in [0.05, 0.1) is 0 Å². The highest BCUT2D eigenvalue weighted by Crippen LogP contribution is 1.91. The molecule has 0 spiro atoms. The Bertz CT molecular complexity index is 114. The second-order valence-corrected chi connectivity index (χ2v) is 2.54. The molecule has 0 aliphatic carbocycles. The maximum atomic E-state index is 10.3. The van der Waals surface area contributed by atoms with Crippen LogP contribution in [0.15, 0.2) is 0 Å². The highest BCUT2D eigenvalue weighted by molar-refractivity contribution is 5.72. The summed E-state index contributed by atoms with van der Waals surface area (Å²) in [6.45, 7) is 5.64. The van der Waals surface area contributed by atoms with E-state index in [4.69, 9.17) is 5.11 Å². The first kappa shape index (κ1) is 9.43. The highest BCUT2D eigenvalue weighted by atomic mass is 16.4. The molecule has 0 amide bonds. The summed E-state index contributed by atoms with van der Waals surface area (Å²) in [7, 11) is 0. The average molecular weight is 145 g/mol. The Hall–Kier alpha value is -0.570. The normalized spacial score (nSPS) is 16.3. The minimum atomic E-state index is -0.791. The molecule has 0 rings (SSSR count). The van der Waals surface area contributed by atoms with Gasteiger partial charge < -0.3 is 10.4 Å². The molecule has 0 bridgehead atoms. The largest absolute Gasteiger partial charge is 0.480 e. The van der Waals surface area contributed by atoms with Crippen LogP contribution in [0, 0.1) is 0 Å². The number of carbonyl (C=O) groups is 1. The van der Waals surface area contributed by atoms with E-state index in [-0.39, 0.29) is 6.04 Å². The molecule has 3 heteroatoms. The van der Waals surface area contributed by atoms with Gasteiger partial charge in [-0.05, 0) is 20.3 Å². The number of carboxylic acids is 1. The molecule has 0 saturated carbocycles. The molecule has 0 radical (unpaired) electrons. The summed E-state index contributed by atoms with van der Waals surface area (Å²) in [6.07, 6.45) is 0.956. The molecule has 0 heterocycles. The lowest BCUT2D eigenvalue weighted by Gasteiger charge is -2.14. The van der Waals surface area contributed by atoms with Gasteiger partial charge >= 0.3 is 5.97 Å². The van der Waals surface area contributed by atoms with Crippen molar-refractivity contribution in [3.8, 4) is 0 Å². The Kier molecular flexibility index (Phi) is 4.03. The fourth-order valence-corrected chi connectivity index (χ4v) is 0.616. The molecule has 60 valence electrons. The molecule has 2 N–H and O–H groups in total. The van der Waals surface area contributed by atoms with Crippen LogP contribution in [-0.4, -0.2) is 23.2 Å². The van der Waals surface area contributed by atoms with Gasteiger partial charge in [0.1, 0.15) is 6.04 Å². The Morgan fingerprint density at radius 3 is 2.40 bits per heavy atom. The summed E-state index contributed by atoms with van der Waals surface area (Å²) in [5, 5.41) is 11.4. The van der Waals surface area contributed by atoms with Crippen molar-refractivity contribution in [3.63, 3.8) is 0 Å². The number of nitrogens with one attached hydrogen (secondary N) is 1. The molecular weight excluding hydrogens is 130 g/mol. The molecule has 0 aliphatic rings. The van der Waals surface area contributed by atoms with Gasteiger partial charge in [-0.1, -0.05) is 6.92 Å². The molecule has 0 unspecified atom stereocenters. The lowest BCUT2D eigenvalue weighted by atomic mass is 10.2. The van der Waals surface area contributed by atoms with Crippen molar-refractivity contribution < 1.29 is 9.90 Å². The van der Waals surface area contributed by atoms with Crippen molar-refractivity contribution in [1.82, 2.24) is 5.32 Å². The molecule has 0 fully saturated rings. The molecule has 0 aromatic heterocycles. The van der Waals surface area contributed by atoms with Gasteiger partial charge in [0.2, 0.25) is 0 Å². The Labute approximate surface area is 61.4 Å². The molecule has 0 aromatic rings. The van der Waals surface area contributed by atoms with E-state index in [1.165, 1.54) is 0 Å². The van der Waals surface area contributed by atoms with E-state index in [0.29, 0.717) is 0 Å². The third kappa shape index (κ3) is 3.45. The van der Waals surface area contributed by atoms with Crippen molar-refractivity contribution in [3.05, 3.63) is 0 Å². The molecule has 3 nitrogen and oxygen atoms in total. The smallest absolute Gasteiger partial charge is 0.320 e. The van der Waals surface area contributed by atoms with Gasteiger partial charge in [-0.2, -0.15) is 0 Å². The maximum Gasteiger partial charge on any atom is 0.320 e. The van der Waals surface area contributed by atoms with E-state index in [9.17, 15) is 4.79 Å². The van der Waals surface area contributed by atoms with E-state index in [0.717, 1.165) is 6.42 Å². The SMILES string of the molecule is CC[C@H](C)N[C@H](C)C(=O)O. The first-order chi connectivity index (χ1) is 4.57. The van der Waals surface area contributed by atoms with Crippen LogP contribution in [-0.2, 0) is 4.79 Å². The van der Waals surface area contributed by atoms with Gasteiger partial charge in [0.15, 0.2) is 0 Å². The zero-order valence-corrected chi connectivity index (χ0v) is 6.72. The second-order valence-electron chi connectivity index (χ2n) is 2.54. The Balaban J connectivity index is 3.56. The predicted octanol–water partition coefficient (Wildman–Crippen LogP) is 0.848. The monoisotopic (exact) mass is 145 g/mol. The standard InChI is InChI=1S/C7H15NO2/c1-4-5(2)8-6(3)7(9)10/h5-6,8H,4H2,1-3H3,(H,9,10)/t5-,6+/m0/s1. The van der Waals surface area contributed by atoms with Gasteiger partial charge in [-0.25, -0.2) is 0 Å². The number of rotatable bonds is 4. The summed E-state index contributed by atoms with van der Waals surface area (Å²) in [5.41, 5.74) is 0. The van der Waals surface area contributed by atoms with Crippen molar-refractivity contribution >= 4 is 5.97 Å². The van der Waals surface area contributed by atoms with Crippen LogP contribution >= 0.6 is 0 Å². The van der Waals surface area contributed by atoms with Crippen LogP contribution in [0.3, 0.4) is 0 Å². The summed E-state index contributed by atoms with van der Waals surface area (Å²) < 4.78 is 0. The third-order valence-corrected chi connectivity index (χ3v) is 1.52. The average Bonchev–Trinajstić information content (AvgIpc) is 1.87. The van der Waals surface area contributed by atoms with E-state index < -0.39 is 12.0 Å². The highest BCUT2D eigenvalue weighted by Gasteiger charge is 2.11. The van der Waals surface area contributed by atoms with Crippen LogP contribution < -0.4 is 5.32 Å². The van der Waals surface area contributed by atoms with Crippen LogP contribution in [0.1, 0.15) is 27.2 Å². The summed E-state index contributed by atoms with van der Waals surface area (Å²) in [4.78, 5) is 10.3. The second kappa shape index (κ2) is 4.28. The maximum absolute atomic E-state index is 10.3. The van der Waals surface area contributed by atoms with Gasteiger partial charge in [-0.15, -0.1) is 0 Å². The summed E-state index contributed by atoms with van der Waals surface area (Å²) >= 11 is 0. The number of carboxylic acid groups (broad SMARTS) is 1. The quantitative estimate of drug-likeness (QED) is 0.616. The van der Waals surface area contributed by atoms with Gasteiger partial charge in [-0.3, -0.25) is 4.79 Å². The van der Waals surface area contributed by atoms with Crippen LogP contribution in [0.5, 0.6) is 0 Å². The van der Waals surface area contributed by atoms with Crippen LogP contribution in [0.25, 0.3) is 0 Å². The predicted molar refractivity (Wildman–Crippen MR) is 40.0 cm³/mol. The molecule has 2 atom stereocenters. The summed E-state index contributed by atoms with van der Waals surface area (Å²) in [6, 6.07) is -0.152. The van der Waals surface area contributed by atoms with Crippen LogP contribution in [0.2, 0.25) is 0 Å². The lowest BCUT2D eigenvalue weighted by Crippen LogP contribution is -2.39. The van der Waals surface area contributed by atoms with Crippen LogP contribution in [0.4, 0.5) is 0 Å². The number of hydrogen-bond acceptors (Lipinski definition) is 2. The number of aliphatic carboxylic acids is 1. The first-order valence-electron chi connectivity index (χ1n) is 3.56. The third-order valence-electron chi connectivity index (χ3n) is 1.52. The lowest BCUT2D eigenvalue weighted by molar-refractivity contribution is -0.139. The molecule has 0 saturated heterocycles. The van der Waals surface area contributed by atoms with E-state index in [1.54, 1.807) is 6.92 Å². The Morgan fingerprint density at radius 2 is 2.10 bits per heavy atom. The fraction of sp³-hybridized carbons (Fsp3) is 0.857. The molecule has 10 heavy (non-hydrogen) atoms. The zero-order chi connectivity index (χ0) is 8.15. The molecule has 0 aliphatic heterocycles. The van der Waals surface area contributed by atoms with Gasteiger partial charge in [0, 0.05) is 6.04 Å². The fourth-order valence-electron chi connectivity index (χ4n) is 0.616. The van der Waals surface area contributed by atoms with Gasteiger partial charge in [0.25, 0.3) is 0 Å². The van der Waals surface area contributed by atoms with E-state index in [2.05, 4.69) is 5.32 Å². The van der Waals surface area contributed by atoms with Crippen molar-refractivity contribution in [2.75, 3.05) is 0 Å². The van der Waals surface area contributed by atoms with Crippen molar-refractivity contribution in [1.29, 1.82) is 0 Å².